The molecule has 50 valence electrons. The first-order chi connectivity index (χ1) is 4.31. The van der Waals surface area contributed by atoms with Gasteiger partial charge in [-0.1, -0.05) is 15.9 Å². The van der Waals surface area contributed by atoms with E-state index < -0.39 is 0 Å². The van der Waals surface area contributed by atoms with E-state index in [1.807, 2.05) is 0 Å². The molecule has 0 amide bonds. The highest BCUT2D eigenvalue weighted by Gasteiger charge is 1.95. The second-order valence-electron chi connectivity index (χ2n) is 1.31. The molecule has 0 aromatic heterocycles. The number of ether oxygens (including phenoxy) is 1. The second-order valence-corrected chi connectivity index (χ2v) is 1.87. The second kappa shape index (κ2) is 5.64. The van der Waals surface area contributed by atoms with Gasteiger partial charge in [0.25, 0.3) is 0 Å². The molecule has 0 unspecified atom stereocenters. The van der Waals surface area contributed by atoms with E-state index in [4.69, 9.17) is 6.42 Å². The number of halogens is 1. The highest BCUT2D eigenvalue weighted by atomic mass is 79.9. The molecular weight excluding hydrogens is 184 g/mol. The lowest BCUT2D eigenvalue weighted by Crippen LogP contribution is -2.05. The van der Waals surface area contributed by atoms with E-state index in [9.17, 15) is 4.79 Å². The molecule has 0 fully saturated rings. The monoisotopic (exact) mass is 190 g/mol. The minimum absolute atomic E-state index is 0.234. The summed E-state index contributed by atoms with van der Waals surface area (Å²) in [4.78, 5) is 10.3. The van der Waals surface area contributed by atoms with Crippen LogP contribution in [0.1, 0.15) is 6.42 Å². The topological polar surface area (TPSA) is 26.3 Å². The van der Waals surface area contributed by atoms with Gasteiger partial charge in [0.05, 0.1) is 0 Å². The molecule has 9 heavy (non-hydrogen) atoms. The van der Waals surface area contributed by atoms with Crippen LogP contribution in [0.2, 0.25) is 0 Å². The van der Waals surface area contributed by atoms with E-state index in [1.165, 1.54) is 0 Å². The van der Waals surface area contributed by atoms with Crippen molar-refractivity contribution in [1.82, 2.24) is 0 Å². The van der Waals surface area contributed by atoms with E-state index in [0.29, 0.717) is 13.0 Å². The Bertz CT molecular complexity index is 126. The number of hydrogen-bond acceptors (Lipinski definition) is 2. The molecule has 0 aliphatic rings. The number of rotatable bonds is 3. The van der Waals surface area contributed by atoms with Gasteiger partial charge in [0.2, 0.25) is 0 Å². The molecule has 0 saturated heterocycles. The maximum Gasteiger partial charge on any atom is 0.316 e. The molecule has 2 nitrogen and oxygen atoms in total. The Balaban J connectivity index is 3.09. The van der Waals surface area contributed by atoms with Gasteiger partial charge in [-0.2, -0.15) is 0 Å². The maximum atomic E-state index is 10.3. The normalized spacial score (nSPS) is 8.00. The lowest BCUT2D eigenvalue weighted by atomic mass is 10.5. The Morgan fingerprint density at radius 2 is 2.44 bits per heavy atom. The molecule has 0 spiro atoms. The molecule has 0 aliphatic heterocycles. The van der Waals surface area contributed by atoms with Crippen molar-refractivity contribution in [2.24, 2.45) is 0 Å². The lowest BCUT2D eigenvalue weighted by molar-refractivity contribution is -0.140. The van der Waals surface area contributed by atoms with Crippen LogP contribution in [-0.4, -0.2) is 17.9 Å². The fourth-order valence-corrected chi connectivity index (χ4v) is 0.424. The highest BCUT2D eigenvalue weighted by Crippen LogP contribution is 1.86. The molecular formula is C6H7BrO2. The Kier molecular flexibility index (Phi) is 5.34. The van der Waals surface area contributed by atoms with Crippen LogP contribution in [0.15, 0.2) is 0 Å². The van der Waals surface area contributed by atoms with E-state index >= 15 is 0 Å². The largest absolute Gasteiger partial charge is 0.464 e. The van der Waals surface area contributed by atoms with Crippen LogP contribution in [-0.2, 0) is 9.53 Å². The maximum absolute atomic E-state index is 10.3. The zero-order valence-corrected chi connectivity index (χ0v) is 6.48. The Morgan fingerprint density at radius 1 is 1.78 bits per heavy atom. The van der Waals surface area contributed by atoms with Crippen molar-refractivity contribution in [2.75, 3.05) is 11.9 Å². The third-order valence-electron chi connectivity index (χ3n) is 0.619. The van der Waals surface area contributed by atoms with Crippen LogP contribution in [0.3, 0.4) is 0 Å². The van der Waals surface area contributed by atoms with Gasteiger partial charge in [0.15, 0.2) is 0 Å². The SMILES string of the molecule is C#CCCOC(=O)CBr. The van der Waals surface area contributed by atoms with Crippen LogP contribution in [0.25, 0.3) is 0 Å². The average molecular weight is 191 g/mol. The molecule has 0 bridgehead atoms. The number of esters is 1. The first-order valence-electron chi connectivity index (χ1n) is 2.46. The van der Waals surface area contributed by atoms with Crippen molar-refractivity contribution in [3.8, 4) is 12.3 Å². The molecule has 0 radical (unpaired) electrons. The summed E-state index contributed by atoms with van der Waals surface area (Å²) in [6.45, 7) is 0.320. The number of carbonyl (C=O) groups excluding carboxylic acids is 1. The molecule has 0 atom stereocenters. The summed E-state index contributed by atoms with van der Waals surface area (Å²) in [6, 6.07) is 0. The Morgan fingerprint density at radius 3 is 2.89 bits per heavy atom. The Labute approximate surface area is 62.7 Å². The summed E-state index contributed by atoms with van der Waals surface area (Å²) in [5.41, 5.74) is 0. The molecule has 0 rings (SSSR count). The summed E-state index contributed by atoms with van der Waals surface area (Å²) in [5, 5.41) is 0.234. The lowest BCUT2D eigenvalue weighted by Gasteiger charge is -1.96. The molecule has 3 heteroatoms. The minimum Gasteiger partial charge on any atom is -0.464 e. The third kappa shape index (κ3) is 5.38. The van der Waals surface area contributed by atoms with Crippen LogP contribution >= 0.6 is 15.9 Å². The van der Waals surface area contributed by atoms with Crippen LogP contribution in [0, 0.1) is 12.3 Å². The standard InChI is InChI=1S/C6H7BrO2/c1-2-3-4-9-6(8)5-7/h1H,3-5H2. The van der Waals surface area contributed by atoms with Crippen molar-refractivity contribution in [3.63, 3.8) is 0 Å². The number of alkyl halides is 1. The predicted octanol–water partition coefficient (Wildman–Crippen LogP) is 0.948. The first kappa shape index (κ1) is 8.51. The van der Waals surface area contributed by atoms with Crippen molar-refractivity contribution < 1.29 is 9.53 Å². The summed E-state index contributed by atoms with van der Waals surface area (Å²) < 4.78 is 4.60. The van der Waals surface area contributed by atoms with Crippen LogP contribution in [0.5, 0.6) is 0 Å². The molecule has 0 N–H and O–H groups in total. The summed E-state index contributed by atoms with van der Waals surface area (Å²) >= 11 is 2.94. The van der Waals surface area contributed by atoms with Crippen molar-refractivity contribution >= 4 is 21.9 Å². The molecule has 0 heterocycles. The fraction of sp³-hybridized carbons (Fsp3) is 0.500. The first-order valence-corrected chi connectivity index (χ1v) is 3.58. The quantitative estimate of drug-likeness (QED) is 0.287. The number of hydrogen-bond donors (Lipinski definition) is 0. The summed E-state index contributed by atoms with van der Waals surface area (Å²) in [6.07, 6.45) is 5.39. The van der Waals surface area contributed by atoms with E-state index in [2.05, 4.69) is 26.6 Å². The fourth-order valence-electron chi connectivity index (χ4n) is 0.262. The van der Waals surface area contributed by atoms with E-state index in [1.54, 1.807) is 0 Å². The van der Waals surface area contributed by atoms with Crippen LogP contribution < -0.4 is 0 Å². The van der Waals surface area contributed by atoms with Gasteiger partial charge < -0.3 is 4.74 Å². The van der Waals surface area contributed by atoms with Gasteiger partial charge in [-0.25, -0.2) is 0 Å². The van der Waals surface area contributed by atoms with Crippen molar-refractivity contribution in [1.29, 1.82) is 0 Å². The predicted molar refractivity (Wildman–Crippen MR) is 38.2 cm³/mol. The molecule has 0 aromatic carbocycles. The molecule has 0 saturated carbocycles. The van der Waals surface area contributed by atoms with Gasteiger partial charge in [0.1, 0.15) is 11.9 Å². The number of terminal acetylenes is 1. The van der Waals surface area contributed by atoms with Gasteiger partial charge in [-0.15, -0.1) is 12.3 Å². The average Bonchev–Trinajstić information content (AvgIpc) is 1.89. The van der Waals surface area contributed by atoms with Crippen molar-refractivity contribution in [3.05, 3.63) is 0 Å². The molecule has 0 aromatic rings. The van der Waals surface area contributed by atoms with E-state index in [0.717, 1.165) is 0 Å². The summed E-state index contributed by atoms with van der Waals surface area (Å²) in [7, 11) is 0. The Hall–Kier alpha value is -0.490. The van der Waals surface area contributed by atoms with Crippen molar-refractivity contribution in [2.45, 2.75) is 6.42 Å². The van der Waals surface area contributed by atoms with E-state index in [-0.39, 0.29) is 11.3 Å². The van der Waals surface area contributed by atoms with Gasteiger partial charge >= 0.3 is 5.97 Å². The molecule has 0 aliphatic carbocycles. The van der Waals surface area contributed by atoms with Gasteiger partial charge in [-0.3, -0.25) is 4.79 Å². The smallest absolute Gasteiger partial charge is 0.316 e. The van der Waals surface area contributed by atoms with Gasteiger partial charge in [0, 0.05) is 6.42 Å². The van der Waals surface area contributed by atoms with Crippen LogP contribution in [0.4, 0.5) is 0 Å². The third-order valence-corrected chi connectivity index (χ3v) is 1.08. The minimum atomic E-state index is -0.273. The highest BCUT2D eigenvalue weighted by molar-refractivity contribution is 9.09. The zero-order chi connectivity index (χ0) is 7.11. The number of carbonyl (C=O) groups is 1. The van der Waals surface area contributed by atoms with Gasteiger partial charge in [-0.05, 0) is 0 Å². The zero-order valence-electron chi connectivity index (χ0n) is 4.89. The summed E-state index contributed by atoms with van der Waals surface area (Å²) in [5.74, 6) is 2.08.